The number of benzene rings is 1. The Balaban J connectivity index is 2.07. The second kappa shape index (κ2) is 5.27. The highest BCUT2D eigenvalue weighted by Gasteiger charge is 2.17. The summed E-state index contributed by atoms with van der Waals surface area (Å²) in [5.41, 5.74) is 5.36. The average Bonchev–Trinajstić information content (AvgIpc) is 3.11. The van der Waals surface area contributed by atoms with Gasteiger partial charge in [0.25, 0.3) is 0 Å². The van der Waals surface area contributed by atoms with Gasteiger partial charge < -0.3 is 0 Å². The Kier molecular flexibility index (Phi) is 3.25. The third kappa shape index (κ3) is 2.23. The maximum atomic E-state index is 6.14. The van der Waals surface area contributed by atoms with Gasteiger partial charge in [-0.2, -0.15) is 0 Å². The van der Waals surface area contributed by atoms with E-state index in [1.54, 1.807) is 11.3 Å². The number of hydrogen-bond donors (Lipinski definition) is 0. The molecule has 0 radical (unpaired) electrons. The molecule has 0 N–H and O–H groups in total. The van der Waals surface area contributed by atoms with Crippen molar-refractivity contribution in [1.29, 1.82) is 0 Å². The second-order valence-electron chi connectivity index (χ2n) is 5.21. The van der Waals surface area contributed by atoms with Crippen LogP contribution in [-0.4, -0.2) is 9.38 Å². The maximum Gasteiger partial charge on any atom is 0.138 e. The molecule has 0 fully saturated rings. The third-order valence-corrected chi connectivity index (χ3v) is 4.87. The van der Waals surface area contributed by atoms with Gasteiger partial charge in [-0.3, -0.25) is 4.40 Å². The molecule has 2 nitrogen and oxygen atoms in total. The van der Waals surface area contributed by atoms with E-state index in [4.69, 9.17) is 16.6 Å². The van der Waals surface area contributed by atoms with E-state index >= 15 is 0 Å². The van der Waals surface area contributed by atoms with Crippen LogP contribution in [0.1, 0.15) is 5.56 Å². The van der Waals surface area contributed by atoms with Gasteiger partial charge in [-0.25, -0.2) is 4.98 Å². The van der Waals surface area contributed by atoms with Gasteiger partial charge in [-0.15, -0.1) is 11.3 Å². The van der Waals surface area contributed by atoms with Crippen molar-refractivity contribution in [1.82, 2.24) is 9.38 Å². The molecule has 4 heteroatoms. The van der Waals surface area contributed by atoms with Crippen LogP contribution in [0.2, 0.25) is 4.34 Å². The topological polar surface area (TPSA) is 17.3 Å². The lowest BCUT2D eigenvalue weighted by Crippen LogP contribution is -1.88. The van der Waals surface area contributed by atoms with E-state index in [-0.39, 0.29) is 0 Å². The van der Waals surface area contributed by atoms with E-state index in [2.05, 4.69) is 47.9 Å². The lowest BCUT2D eigenvalue weighted by atomic mass is 10.1. The lowest BCUT2D eigenvalue weighted by molar-refractivity contribution is 1.18. The summed E-state index contributed by atoms with van der Waals surface area (Å²) < 4.78 is 2.92. The van der Waals surface area contributed by atoms with Crippen molar-refractivity contribution >= 4 is 28.6 Å². The smallest absolute Gasteiger partial charge is 0.138 e. The van der Waals surface area contributed by atoms with Crippen molar-refractivity contribution in [3.05, 3.63) is 70.7 Å². The van der Waals surface area contributed by atoms with Crippen LogP contribution in [0.15, 0.2) is 60.8 Å². The van der Waals surface area contributed by atoms with Crippen LogP contribution in [0.25, 0.3) is 27.5 Å². The minimum atomic E-state index is 0.788. The Morgan fingerprint density at radius 2 is 1.86 bits per heavy atom. The molecule has 3 heterocycles. The normalized spacial score (nSPS) is 11.2. The lowest BCUT2D eigenvalue weighted by Gasteiger charge is -2.03. The van der Waals surface area contributed by atoms with E-state index in [1.807, 2.05) is 24.3 Å². The first-order valence-electron chi connectivity index (χ1n) is 7.02. The molecule has 0 spiro atoms. The molecule has 4 aromatic rings. The minimum absolute atomic E-state index is 0.788. The number of aromatic nitrogens is 2. The van der Waals surface area contributed by atoms with Gasteiger partial charge in [0.05, 0.1) is 20.6 Å². The molecule has 0 atom stereocenters. The number of aryl methyl sites for hydroxylation is 1. The van der Waals surface area contributed by atoms with E-state index in [9.17, 15) is 0 Å². The van der Waals surface area contributed by atoms with E-state index in [0.717, 1.165) is 31.8 Å². The fourth-order valence-corrected chi connectivity index (χ4v) is 3.71. The summed E-state index contributed by atoms with van der Waals surface area (Å²) in [5.74, 6) is 0. The Labute approximate surface area is 137 Å². The van der Waals surface area contributed by atoms with Crippen molar-refractivity contribution < 1.29 is 0 Å². The molecule has 0 bridgehead atoms. The molecule has 0 saturated heterocycles. The molecule has 0 aliphatic rings. The van der Waals surface area contributed by atoms with Crippen molar-refractivity contribution in [3.8, 4) is 21.8 Å². The number of nitrogens with zero attached hydrogens (tertiary/aromatic N) is 2. The molecule has 0 amide bonds. The molecule has 22 heavy (non-hydrogen) atoms. The maximum absolute atomic E-state index is 6.14. The number of pyridine rings is 1. The SMILES string of the molecule is Cc1ccn2c(-c3ccc(Cl)s3)c(-c3ccccc3)nc2c1. The predicted molar refractivity (Wildman–Crippen MR) is 93.7 cm³/mol. The zero-order chi connectivity index (χ0) is 15.1. The van der Waals surface area contributed by atoms with Crippen molar-refractivity contribution in [3.63, 3.8) is 0 Å². The van der Waals surface area contributed by atoms with E-state index in [0.29, 0.717) is 0 Å². The Hall–Kier alpha value is -2.10. The summed E-state index contributed by atoms with van der Waals surface area (Å²) in [4.78, 5) is 5.98. The van der Waals surface area contributed by atoms with Crippen LogP contribution in [0.3, 0.4) is 0 Å². The molecule has 0 aliphatic heterocycles. The summed E-state index contributed by atoms with van der Waals surface area (Å²) in [6.07, 6.45) is 2.08. The number of thiophene rings is 1. The van der Waals surface area contributed by atoms with Gasteiger partial charge in [0, 0.05) is 11.8 Å². The van der Waals surface area contributed by atoms with Crippen molar-refractivity contribution in [2.45, 2.75) is 6.92 Å². The fourth-order valence-electron chi connectivity index (χ4n) is 2.62. The Morgan fingerprint density at radius 1 is 1.05 bits per heavy atom. The second-order valence-corrected chi connectivity index (χ2v) is 6.93. The Morgan fingerprint density at radius 3 is 2.59 bits per heavy atom. The van der Waals surface area contributed by atoms with Gasteiger partial charge >= 0.3 is 0 Å². The molecule has 0 aliphatic carbocycles. The van der Waals surface area contributed by atoms with Gasteiger partial charge in [0.15, 0.2) is 0 Å². The standard InChI is InChI=1S/C18H13ClN2S/c1-12-9-10-21-16(11-12)20-17(13-5-3-2-4-6-13)18(21)14-7-8-15(19)22-14/h2-11H,1H3. The highest BCUT2D eigenvalue weighted by Crippen LogP contribution is 2.37. The van der Waals surface area contributed by atoms with Gasteiger partial charge in [-0.05, 0) is 36.8 Å². The summed E-state index contributed by atoms with van der Waals surface area (Å²) in [7, 11) is 0. The fraction of sp³-hybridized carbons (Fsp3) is 0.0556. The minimum Gasteiger partial charge on any atom is -0.298 e. The number of imidazole rings is 1. The molecule has 4 rings (SSSR count). The summed E-state index contributed by atoms with van der Waals surface area (Å²) in [6.45, 7) is 2.08. The zero-order valence-corrected chi connectivity index (χ0v) is 13.5. The highest BCUT2D eigenvalue weighted by molar-refractivity contribution is 7.19. The molecule has 0 saturated carbocycles. The number of halogens is 1. The molecule has 3 aromatic heterocycles. The predicted octanol–water partition coefficient (Wildman–Crippen LogP) is 5.69. The average molecular weight is 325 g/mol. The van der Waals surface area contributed by atoms with Crippen LogP contribution >= 0.6 is 22.9 Å². The number of rotatable bonds is 2. The van der Waals surface area contributed by atoms with E-state index in [1.165, 1.54) is 5.56 Å². The quantitative estimate of drug-likeness (QED) is 0.463. The van der Waals surface area contributed by atoms with Crippen LogP contribution < -0.4 is 0 Å². The zero-order valence-electron chi connectivity index (χ0n) is 12.0. The molecule has 0 unspecified atom stereocenters. The summed E-state index contributed by atoms with van der Waals surface area (Å²) >= 11 is 7.72. The summed E-state index contributed by atoms with van der Waals surface area (Å²) in [5, 5.41) is 0. The van der Waals surface area contributed by atoms with Crippen LogP contribution in [0, 0.1) is 6.92 Å². The van der Waals surface area contributed by atoms with E-state index < -0.39 is 0 Å². The largest absolute Gasteiger partial charge is 0.298 e. The number of hydrogen-bond acceptors (Lipinski definition) is 2. The van der Waals surface area contributed by atoms with Crippen molar-refractivity contribution in [2.24, 2.45) is 0 Å². The first-order chi connectivity index (χ1) is 10.7. The molecular formula is C18H13ClN2S. The first kappa shape index (κ1) is 13.6. The van der Waals surface area contributed by atoms with Gasteiger partial charge in [-0.1, -0.05) is 41.9 Å². The third-order valence-electron chi connectivity index (χ3n) is 3.64. The summed E-state index contributed by atoms with van der Waals surface area (Å²) in [6, 6.07) is 18.5. The first-order valence-corrected chi connectivity index (χ1v) is 8.22. The highest BCUT2D eigenvalue weighted by atomic mass is 35.5. The molecular weight excluding hydrogens is 312 g/mol. The number of fused-ring (bicyclic) bond motifs is 1. The Bertz CT molecular complexity index is 954. The molecule has 1 aromatic carbocycles. The van der Waals surface area contributed by atoms with Crippen molar-refractivity contribution in [2.75, 3.05) is 0 Å². The monoisotopic (exact) mass is 324 g/mol. The van der Waals surface area contributed by atoms with Crippen LogP contribution in [0.4, 0.5) is 0 Å². The van der Waals surface area contributed by atoms with Gasteiger partial charge in [0.1, 0.15) is 5.65 Å². The van der Waals surface area contributed by atoms with Crippen LogP contribution in [-0.2, 0) is 0 Å². The van der Waals surface area contributed by atoms with Gasteiger partial charge in [0.2, 0.25) is 0 Å². The molecule has 108 valence electrons. The van der Waals surface area contributed by atoms with Crippen LogP contribution in [0.5, 0.6) is 0 Å².